The van der Waals surface area contributed by atoms with Crippen LogP contribution in [0.25, 0.3) is 21.9 Å². The largest absolute Gasteiger partial charge is 0.396 e. The van der Waals surface area contributed by atoms with Crippen molar-refractivity contribution in [2.45, 2.75) is 20.3 Å². The second-order valence-electron chi connectivity index (χ2n) is 5.73. The van der Waals surface area contributed by atoms with Crippen LogP contribution in [0.15, 0.2) is 48.5 Å². The Bertz CT molecular complexity index is 836. The van der Waals surface area contributed by atoms with E-state index in [1.807, 2.05) is 25.1 Å². The van der Waals surface area contributed by atoms with Crippen molar-refractivity contribution in [2.24, 2.45) is 0 Å². The Balaban J connectivity index is 2.41. The molecule has 0 aromatic heterocycles. The highest BCUT2D eigenvalue weighted by Gasteiger charge is 2.15. The molecule has 22 heavy (non-hydrogen) atoms. The van der Waals surface area contributed by atoms with Crippen molar-refractivity contribution < 1.29 is 5.11 Å². The molecule has 0 spiro atoms. The third kappa shape index (κ3) is 2.63. The summed E-state index contributed by atoms with van der Waals surface area (Å²) in [5.74, 6) is 0. The number of aliphatic hydroxyl groups excluding tert-OH is 1. The quantitative estimate of drug-likeness (QED) is 0.695. The Kier molecular flexibility index (Phi) is 4.19. The van der Waals surface area contributed by atoms with Gasteiger partial charge in [-0.05, 0) is 59.4 Å². The Hall–Kier alpha value is -1.83. The average molecular weight is 311 g/mol. The Morgan fingerprint density at radius 1 is 1.00 bits per heavy atom. The van der Waals surface area contributed by atoms with Crippen LogP contribution in [0.4, 0.5) is 0 Å². The minimum Gasteiger partial charge on any atom is -0.396 e. The molecule has 0 radical (unpaired) electrons. The summed E-state index contributed by atoms with van der Waals surface area (Å²) in [7, 11) is 0. The molecule has 3 aromatic rings. The number of aliphatic hydroxyl groups is 1. The molecule has 0 aliphatic rings. The van der Waals surface area contributed by atoms with Gasteiger partial charge in [-0.1, -0.05) is 54.1 Å². The lowest BCUT2D eigenvalue weighted by Crippen LogP contribution is -1.99. The number of hydrogen-bond donors (Lipinski definition) is 1. The highest BCUT2D eigenvalue weighted by atomic mass is 35.5. The van der Waals surface area contributed by atoms with E-state index in [1.165, 1.54) is 21.9 Å². The lowest BCUT2D eigenvalue weighted by Gasteiger charge is -2.17. The molecule has 2 heteroatoms. The van der Waals surface area contributed by atoms with Gasteiger partial charge in [0.05, 0.1) is 0 Å². The Labute approximate surface area is 136 Å². The summed E-state index contributed by atoms with van der Waals surface area (Å²) in [4.78, 5) is 0. The molecule has 0 aliphatic heterocycles. The smallest absolute Gasteiger partial charge is 0.0487 e. The number of benzene rings is 3. The van der Waals surface area contributed by atoms with Gasteiger partial charge in [-0.2, -0.15) is 0 Å². The molecule has 0 fully saturated rings. The first-order valence-corrected chi connectivity index (χ1v) is 7.88. The summed E-state index contributed by atoms with van der Waals surface area (Å²) in [6.45, 7) is 4.28. The lowest BCUT2D eigenvalue weighted by atomic mass is 9.88. The van der Waals surface area contributed by atoms with Crippen LogP contribution in [0.5, 0.6) is 0 Å². The van der Waals surface area contributed by atoms with Crippen molar-refractivity contribution >= 4 is 22.4 Å². The van der Waals surface area contributed by atoms with Crippen molar-refractivity contribution in [1.82, 2.24) is 0 Å². The van der Waals surface area contributed by atoms with Crippen molar-refractivity contribution in [3.8, 4) is 11.1 Å². The van der Waals surface area contributed by atoms with E-state index in [-0.39, 0.29) is 6.61 Å². The van der Waals surface area contributed by atoms with Gasteiger partial charge in [0.25, 0.3) is 0 Å². The molecule has 1 nitrogen and oxygen atoms in total. The van der Waals surface area contributed by atoms with E-state index in [1.54, 1.807) is 0 Å². The fourth-order valence-corrected chi connectivity index (χ4v) is 3.42. The zero-order valence-corrected chi connectivity index (χ0v) is 13.6. The van der Waals surface area contributed by atoms with Crippen molar-refractivity contribution in [3.05, 3.63) is 70.2 Å². The van der Waals surface area contributed by atoms with Gasteiger partial charge in [0.1, 0.15) is 0 Å². The third-order valence-corrected chi connectivity index (χ3v) is 4.45. The molecule has 0 unspecified atom stereocenters. The number of fused-ring (bicyclic) bond motifs is 1. The zero-order valence-electron chi connectivity index (χ0n) is 12.9. The molecule has 0 heterocycles. The van der Waals surface area contributed by atoms with Gasteiger partial charge in [0.15, 0.2) is 0 Å². The van der Waals surface area contributed by atoms with E-state index in [2.05, 4.69) is 37.3 Å². The molecule has 0 aliphatic carbocycles. The highest BCUT2D eigenvalue weighted by molar-refractivity contribution is 6.34. The SMILES string of the molecule is Cc1ccc(-c2c(CCO)c(C)cc3ccccc23)c(Cl)c1. The fourth-order valence-electron chi connectivity index (χ4n) is 3.10. The molecular weight excluding hydrogens is 292 g/mol. The standard InChI is InChI=1S/C20H19ClO/c1-13-7-8-18(19(21)11-13)20-16(9-10-22)14(2)12-15-5-3-4-6-17(15)20/h3-8,11-12,22H,9-10H2,1-2H3. The van der Waals surface area contributed by atoms with Gasteiger partial charge >= 0.3 is 0 Å². The first-order valence-electron chi connectivity index (χ1n) is 7.50. The van der Waals surface area contributed by atoms with Gasteiger partial charge in [-0.15, -0.1) is 0 Å². The van der Waals surface area contributed by atoms with E-state index in [9.17, 15) is 5.11 Å². The van der Waals surface area contributed by atoms with Gasteiger partial charge in [-0.3, -0.25) is 0 Å². The van der Waals surface area contributed by atoms with E-state index in [4.69, 9.17) is 11.6 Å². The first-order chi connectivity index (χ1) is 10.6. The molecule has 0 bridgehead atoms. The summed E-state index contributed by atoms with van der Waals surface area (Å²) in [6, 6.07) is 16.7. The molecule has 0 atom stereocenters. The summed E-state index contributed by atoms with van der Waals surface area (Å²) >= 11 is 6.53. The summed E-state index contributed by atoms with van der Waals surface area (Å²) in [6.07, 6.45) is 0.635. The maximum Gasteiger partial charge on any atom is 0.0487 e. The minimum atomic E-state index is 0.135. The molecule has 0 amide bonds. The van der Waals surface area contributed by atoms with E-state index >= 15 is 0 Å². The minimum absolute atomic E-state index is 0.135. The second-order valence-corrected chi connectivity index (χ2v) is 6.13. The third-order valence-electron chi connectivity index (χ3n) is 4.14. The molecule has 112 valence electrons. The van der Waals surface area contributed by atoms with Gasteiger partial charge < -0.3 is 5.11 Å². The van der Waals surface area contributed by atoms with Crippen LogP contribution in [0.2, 0.25) is 5.02 Å². The van der Waals surface area contributed by atoms with Crippen LogP contribution in [0.1, 0.15) is 16.7 Å². The molecule has 1 N–H and O–H groups in total. The maximum atomic E-state index is 9.47. The number of aryl methyl sites for hydroxylation is 2. The molecule has 3 rings (SSSR count). The zero-order chi connectivity index (χ0) is 15.7. The van der Waals surface area contributed by atoms with Crippen molar-refractivity contribution in [2.75, 3.05) is 6.61 Å². The predicted octanol–water partition coefficient (Wildman–Crippen LogP) is 5.31. The van der Waals surface area contributed by atoms with Crippen LogP contribution >= 0.6 is 11.6 Å². The van der Waals surface area contributed by atoms with Gasteiger partial charge in [-0.25, -0.2) is 0 Å². The number of hydrogen-bond acceptors (Lipinski definition) is 1. The lowest BCUT2D eigenvalue weighted by molar-refractivity contribution is 0.299. The first kappa shape index (κ1) is 15.1. The van der Waals surface area contributed by atoms with Crippen LogP contribution in [-0.4, -0.2) is 11.7 Å². The summed E-state index contributed by atoms with van der Waals surface area (Å²) < 4.78 is 0. The predicted molar refractivity (Wildman–Crippen MR) is 94.7 cm³/mol. The molecule has 3 aromatic carbocycles. The van der Waals surface area contributed by atoms with E-state index in [0.717, 1.165) is 21.7 Å². The maximum absolute atomic E-state index is 9.47. The van der Waals surface area contributed by atoms with Crippen LogP contribution in [0.3, 0.4) is 0 Å². The number of rotatable bonds is 3. The van der Waals surface area contributed by atoms with Crippen molar-refractivity contribution in [3.63, 3.8) is 0 Å². The summed E-state index contributed by atoms with van der Waals surface area (Å²) in [5.41, 5.74) is 5.70. The van der Waals surface area contributed by atoms with Crippen LogP contribution in [-0.2, 0) is 6.42 Å². The molecule has 0 saturated carbocycles. The fraction of sp³-hybridized carbons (Fsp3) is 0.200. The Morgan fingerprint density at radius 3 is 2.50 bits per heavy atom. The van der Waals surface area contributed by atoms with Crippen LogP contribution in [0, 0.1) is 13.8 Å². The normalized spacial score (nSPS) is 11.1. The van der Waals surface area contributed by atoms with Crippen molar-refractivity contribution in [1.29, 1.82) is 0 Å². The average Bonchev–Trinajstić information content (AvgIpc) is 2.49. The Morgan fingerprint density at radius 2 is 1.77 bits per heavy atom. The topological polar surface area (TPSA) is 20.2 Å². The monoisotopic (exact) mass is 310 g/mol. The van der Waals surface area contributed by atoms with Gasteiger partial charge in [0, 0.05) is 17.2 Å². The summed E-state index contributed by atoms with van der Waals surface area (Å²) in [5, 5.41) is 12.6. The molecule has 0 saturated heterocycles. The van der Waals surface area contributed by atoms with Crippen LogP contribution < -0.4 is 0 Å². The molecular formula is C20H19ClO. The van der Waals surface area contributed by atoms with E-state index in [0.29, 0.717) is 6.42 Å². The number of halogens is 1. The highest BCUT2D eigenvalue weighted by Crippen LogP contribution is 2.38. The second kappa shape index (κ2) is 6.12. The van der Waals surface area contributed by atoms with Gasteiger partial charge in [0.2, 0.25) is 0 Å². The van der Waals surface area contributed by atoms with E-state index < -0.39 is 0 Å².